The summed E-state index contributed by atoms with van der Waals surface area (Å²) in [7, 11) is 0. The molecular formula is C17H21NO. The van der Waals surface area contributed by atoms with Crippen molar-refractivity contribution in [1.29, 1.82) is 0 Å². The first-order valence-corrected chi connectivity index (χ1v) is 6.64. The van der Waals surface area contributed by atoms with Crippen LogP contribution in [-0.2, 0) is 6.61 Å². The summed E-state index contributed by atoms with van der Waals surface area (Å²) in [4.78, 5) is 0. The Morgan fingerprint density at radius 3 is 2.42 bits per heavy atom. The number of rotatable bonds is 4. The van der Waals surface area contributed by atoms with Crippen molar-refractivity contribution in [2.45, 2.75) is 33.3 Å². The minimum atomic E-state index is 0.397. The van der Waals surface area contributed by atoms with Gasteiger partial charge in [0.1, 0.15) is 12.4 Å². The van der Waals surface area contributed by atoms with Gasteiger partial charge >= 0.3 is 0 Å². The first-order chi connectivity index (χ1) is 9.08. The fraction of sp³-hybridized carbons (Fsp3) is 0.294. The lowest BCUT2D eigenvalue weighted by molar-refractivity contribution is 0.301. The van der Waals surface area contributed by atoms with Gasteiger partial charge in [0.25, 0.3) is 0 Å². The van der Waals surface area contributed by atoms with E-state index in [9.17, 15) is 0 Å². The van der Waals surface area contributed by atoms with Gasteiger partial charge in [-0.25, -0.2) is 0 Å². The quantitative estimate of drug-likeness (QED) is 0.828. The number of anilines is 1. The van der Waals surface area contributed by atoms with Crippen molar-refractivity contribution in [2.75, 3.05) is 5.73 Å². The maximum absolute atomic E-state index is 5.98. The van der Waals surface area contributed by atoms with E-state index in [4.69, 9.17) is 10.5 Å². The molecule has 2 nitrogen and oxygen atoms in total. The van der Waals surface area contributed by atoms with Gasteiger partial charge in [0.15, 0.2) is 0 Å². The van der Waals surface area contributed by atoms with Gasteiger partial charge in [0.2, 0.25) is 0 Å². The number of hydrogen-bond acceptors (Lipinski definition) is 2. The Balaban J connectivity index is 2.22. The number of nitrogen functional groups attached to an aromatic ring is 1. The van der Waals surface area contributed by atoms with E-state index >= 15 is 0 Å². The molecule has 0 saturated carbocycles. The zero-order valence-corrected chi connectivity index (χ0v) is 11.8. The van der Waals surface area contributed by atoms with Gasteiger partial charge in [-0.15, -0.1) is 0 Å². The number of aryl methyl sites for hydroxylation is 1. The predicted octanol–water partition coefficient (Wildman–Crippen LogP) is 4.28. The molecule has 2 heteroatoms. The van der Waals surface area contributed by atoms with Gasteiger partial charge in [0, 0.05) is 5.69 Å². The average Bonchev–Trinajstić information content (AvgIpc) is 2.40. The van der Waals surface area contributed by atoms with Crippen LogP contribution in [0.4, 0.5) is 5.69 Å². The van der Waals surface area contributed by atoms with Crippen molar-refractivity contribution in [3.05, 3.63) is 59.2 Å². The third-order valence-electron chi connectivity index (χ3n) is 3.26. The standard InChI is InChI=1S/C17H21NO/c1-12(2)15-10-16(18)13(3)9-17(15)19-11-14-7-5-4-6-8-14/h4-10,12H,11,18H2,1-3H3. The van der Waals surface area contributed by atoms with Crippen LogP contribution in [0, 0.1) is 6.92 Å². The van der Waals surface area contributed by atoms with E-state index in [1.807, 2.05) is 37.3 Å². The summed E-state index contributed by atoms with van der Waals surface area (Å²) >= 11 is 0. The molecule has 0 aliphatic carbocycles. The molecule has 0 aliphatic rings. The largest absolute Gasteiger partial charge is 0.489 e. The molecule has 0 aromatic heterocycles. The topological polar surface area (TPSA) is 35.2 Å². The third kappa shape index (κ3) is 3.28. The zero-order valence-electron chi connectivity index (χ0n) is 11.8. The molecule has 2 N–H and O–H groups in total. The smallest absolute Gasteiger partial charge is 0.123 e. The molecule has 0 heterocycles. The molecule has 2 rings (SSSR count). The molecule has 0 saturated heterocycles. The molecule has 0 radical (unpaired) electrons. The van der Waals surface area contributed by atoms with Crippen molar-refractivity contribution in [3.8, 4) is 5.75 Å². The lowest BCUT2D eigenvalue weighted by atomic mass is 9.99. The van der Waals surface area contributed by atoms with E-state index < -0.39 is 0 Å². The number of benzene rings is 2. The average molecular weight is 255 g/mol. The van der Waals surface area contributed by atoms with Crippen LogP contribution in [0.25, 0.3) is 0 Å². The summed E-state index contributed by atoms with van der Waals surface area (Å²) in [6, 6.07) is 14.3. The molecule has 0 bridgehead atoms. The maximum atomic E-state index is 5.98. The number of ether oxygens (including phenoxy) is 1. The molecular weight excluding hydrogens is 234 g/mol. The Bertz CT molecular complexity index is 547. The second kappa shape index (κ2) is 5.79. The first-order valence-electron chi connectivity index (χ1n) is 6.64. The number of hydrogen-bond donors (Lipinski definition) is 1. The molecule has 0 spiro atoms. The summed E-state index contributed by atoms with van der Waals surface area (Å²) in [5.41, 5.74) is 10.2. The molecule has 2 aromatic carbocycles. The molecule has 0 unspecified atom stereocenters. The molecule has 0 amide bonds. The van der Waals surface area contributed by atoms with E-state index in [0.717, 1.165) is 17.0 Å². The minimum absolute atomic E-state index is 0.397. The van der Waals surface area contributed by atoms with Gasteiger partial charge in [-0.1, -0.05) is 44.2 Å². The van der Waals surface area contributed by atoms with Crippen LogP contribution in [0.15, 0.2) is 42.5 Å². The molecule has 2 aromatic rings. The normalized spacial score (nSPS) is 10.7. The van der Waals surface area contributed by atoms with Crippen LogP contribution in [-0.4, -0.2) is 0 Å². The van der Waals surface area contributed by atoms with Crippen molar-refractivity contribution in [3.63, 3.8) is 0 Å². The van der Waals surface area contributed by atoms with Crippen molar-refractivity contribution < 1.29 is 4.74 Å². The minimum Gasteiger partial charge on any atom is -0.489 e. The van der Waals surface area contributed by atoms with Crippen LogP contribution < -0.4 is 10.5 Å². The Kier molecular flexibility index (Phi) is 4.10. The highest BCUT2D eigenvalue weighted by molar-refractivity contribution is 5.55. The highest BCUT2D eigenvalue weighted by Gasteiger charge is 2.10. The Morgan fingerprint density at radius 2 is 1.79 bits per heavy atom. The highest BCUT2D eigenvalue weighted by Crippen LogP contribution is 2.31. The van der Waals surface area contributed by atoms with E-state index in [2.05, 4.69) is 26.0 Å². The predicted molar refractivity (Wildman–Crippen MR) is 80.5 cm³/mol. The van der Waals surface area contributed by atoms with Gasteiger partial charge in [0.05, 0.1) is 0 Å². The molecule has 0 fully saturated rings. The third-order valence-corrected chi connectivity index (χ3v) is 3.26. The fourth-order valence-corrected chi connectivity index (χ4v) is 2.03. The van der Waals surface area contributed by atoms with Gasteiger partial charge in [-0.05, 0) is 41.7 Å². The zero-order chi connectivity index (χ0) is 13.8. The summed E-state index contributed by atoms with van der Waals surface area (Å²) in [6.07, 6.45) is 0. The SMILES string of the molecule is Cc1cc(OCc2ccccc2)c(C(C)C)cc1N. The second-order valence-corrected chi connectivity index (χ2v) is 5.18. The molecule has 0 aliphatic heterocycles. The number of nitrogens with two attached hydrogens (primary N) is 1. The highest BCUT2D eigenvalue weighted by atomic mass is 16.5. The van der Waals surface area contributed by atoms with Crippen molar-refractivity contribution in [2.24, 2.45) is 0 Å². The Morgan fingerprint density at radius 1 is 1.11 bits per heavy atom. The van der Waals surface area contributed by atoms with E-state index in [1.54, 1.807) is 0 Å². The molecule has 19 heavy (non-hydrogen) atoms. The van der Waals surface area contributed by atoms with Gasteiger partial charge < -0.3 is 10.5 Å². The first kappa shape index (κ1) is 13.5. The fourth-order valence-electron chi connectivity index (χ4n) is 2.03. The van der Waals surface area contributed by atoms with Crippen molar-refractivity contribution in [1.82, 2.24) is 0 Å². The summed E-state index contributed by atoms with van der Waals surface area (Å²) in [5, 5.41) is 0. The van der Waals surface area contributed by atoms with Crippen LogP contribution in [0.1, 0.15) is 36.5 Å². The van der Waals surface area contributed by atoms with Crippen LogP contribution in [0.3, 0.4) is 0 Å². The van der Waals surface area contributed by atoms with Gasteiger partial charge in [-0.3, -0.25) is 0 Å². The second-order valence-electron chi connectivity index (χ2n) is 5.18. The molecule has 0 atom stereocenters. The summed E-state index contributed by atoms with van der Waals surface area (Å²) in [6.45, 7) is 6.90. The Labute approximate surface area is 115 Å². The summed E-state index contributed by atoms with van der Waals surface area (Å²) < 4.78 is 5.96. The van der Waals surface area contributed by atoms with E-state index in [-0.39, 0.29) is 0 Å². The van der Waals surface area contributed by atoms with Gasteiger partial charge in [-0.2, -0.15) is 0 Å². The maximum Gasteiger partial charge on any atom is 0.123 e. The van der Waals surface area contributed by atoms with Crippen LogP contribution >= 0.6 is 0 Å². The summed E-state index contributed by atoms with van der Waals surface area (Å²) in [5.74, 6) is 1.33. The van der Waals surface area contributed by atoms with Crippen LogP contribution in [0.2, 0.25) is 0 Å². The Hall–Kier alpha value is -1.96. The monoisotopic (exact) mass is 255 g/mol. The lowest BCUT2D eigenvalue weighted by Gasteiger charge is -2.16. The van der Waals surface area contributed by atoms with Crippen LogP contribution in [0.5, 0.6) is 5.75 Å². The van der Waals surface area contributed by atoms with E-state index in [1.165, 1.54) is 11.1 Å². The molecule has 100 valence electrons. The van der Waals surface area contributed by atoms with Crippen molar-refractivity contribution >= 4 is 5.69 Å². The lowest BCUT2D eigenvalue weighted by Crippen LogP contribution is -2.02. The van der Waals surface area contributed by atoms with E-state index in [0.29, 0.717) is 12.5 Å².